The molecule has 18 heavy (non-hydrogen) atoms. The van der Waals surface area contributed by atoms with Gasteiger partial charge in [-0.2, -0.15) is 0 Å². The molecule has 1 aromatic rings. The first-order valence-electron chi connectivity index (χ1n) is 5.36. The second-order valence-electron chi connectivity index (χ2n) is 4.51. The van der Waals surface area contributed by atoms with Crippen LogP contribution >= 0.6 is 0 Å². The van der Waals surface area contributed by atoms with Crippen molar-refractivity contribution in [1.82, 2.24) is 0 Å². The second kappa shape index (κ2) is 3.91. The number of sulfone groups is 1. The highest BCUT2D eigenvalue weighted by molar-refractivity contribution is 7.90. The zero-order valence-corrected chi connectivity index (χ0v) is 10.5. The summed E-state index contributed by atoms with van der Waals surface area (Å²) in [5.74, 6) is -1.56. The van der Waals surface area contributed by atoms with Gasteiger partial charge < -0.3 is 5.11 Å². The highest BCUT2D eigenvalue weighted by Gasteiger charge is 2.56. The van der Waals surface area contributed by atoms with Crippen molar-refractivity contribution in [3.8, 4) is 0 Å². The van der Waals surface area contributed by atoms with Gasteiger partial charge >= 0.3 is 5.97 Å². The lowest BCUT2D eigenvalue weighted by molar-refractivity contribution is -0.141. The summed E-state index contributed by atoms with van der Waals surface area (Å²) in [5.41, 5.74) is -1.05. The largest absolute Gasteiger partial charge is 0.480 e. The fourth-order valence-electron chi connectivity index (χ4n) is 1.79. The maximum absolute atomic E-state index is 12.0. The molecular formula is C12H12O5S. The summed E-state index contributed by atoms with van der Waals surface area (Å²) >= 11 is 0. The molecule has 5 nitrogen and oxygen atoms in total. The number of hydrogen-bond acceptors (Lipinski definition) is 4. The Hall–Kier alpha value is -1.69. The molecule has 96 valence electrons. The SMILES string of the molecule is CS(=O)(=O)c1ccc(C(=O)C2(C(=O)O)CC2)cc1. The first-order chi connectivity index (χ1) is 8.27. The quantitative estimate of drug-likeness (QED) is 0.653. The Morgan fingerprint density at radius 3 is 2.00 bits per heavy atom. The van der Waals surface area contributed by atoms with Crippen LogP contribution in [0.3, 0.4) is 0 Å². The molecule has 0 unspecified atom stereocenters. The minimum atomic E-state index is -3.31. The van der Waals surface area contributed by atoms with Gasteiger partial charge in [-0.1, -0.05) is 12.1 Å². The third-order valence-corrected chi connectivity index (χ3v) is 4.27. The lowest BCUT2D eigenvalue weighted by Crippen LogP contribution is -2.25. The minimum Gasteiger partial charge on any atom is -0.480 e. The predicted molar refractivity (Wildman–Crippen MR) is 63.2 cm³/mol. The van der Waals surface area contributed by atoms with Crippen LogP contribution in [0, 0.1) is 5.41 Å². The highest BCUT2D eigenvalue weighted by atomic mass is 32.2. The first-order valence-corrected chi connectivity index (χ1v) is 7.25. The van der Waals surface area contributed by atoms with Crippen LogP contribution in [0.4, 0.5) is 0 Å². The zero-order valence-electron chi connectivity index (χ0n) is 9.71. The van der Waals surface area contributed by atoms with E-state index in [2.05, 4.69) is 0 Å². The van der Waals surface area contributed by atoms with Crippen LogP contribution in [0.2, 0.25) is 0 Å². The number of carbonyl (C=O) groups is 2. The van der Waals surface area contributed by atoms with Gasteiger partial charge in [0.1, 0.15) is 5.41 Å². The molecule has 1 aliphatic rings. The van der Waals surface area contributed by atoms with Crippen LogP contribution in [0.25, 0.3) is 0 Å². The van der Waals surface area contributed by atoms with E-state index in [1.165, 1.54) is 24.3 Å². The number of rotatable bonds is 4. The van der Waals surface area contributed by atoms with E-state index in [0.717, 1.165) is 6.26 Å². The smallest absolute Gasteiger partial charge is 0.317 e. The van der Waals surface area contributed by atoms with Crippen molar-refractivity contribution >= 4 is 21.6 Å². The van der Waals surface area contributed by atoms with Crippen LogP contribution in [0.5, 0.6) is 0 Å². The molecule has 0 amide bonds. The molecule has 0 saturated heterocycles. The monoisotopic (exact) mass is 268 g/mol. The Labute approximate surface area is 104 Å². The van der Waals surface area contributed by atoms with Gasteiger partial charge in [-0.25, -0.2) is 8.42 Å². The predicted octanol–water partition coefficient (Wildman–Crippen LogP) is 1.14. The lowest BCUT2D eigenvalue weighted by Gasteiger charge is -2.08. The average molecular weight is 268 g/mol. The third kappa shape index (κ3) is 2.03. The molecule has 0 aromatic heterocycles. The zero-order chi connectivity index (χ0) is 13.6. The Morgan fingerprint density at radius 1 is 1.17 bits per heavy atom. The van der Waals surface area contributed by atoms with Crippen LogP contribution in [-0.4, -0.2) is 31.5 Å². The van der Waals surface area contributed by atoms with Crippen molar-refractivity contribution in [2.75, 3.05) is 6.26 Å². The summed E-state index contributed by atoms with van der Waals surface area (Å²) in [6.45, 7) is 0. The number of aliphatic carboxylic acids is 1. The Bertz CT molecular complexity index is 608. The van der Waals surface area contributed by atoms with Crippen molar-refractivity contribution < 1.29 is 23.1 Å². The van der Waals surface area contributed by atoms with Gasteiger partial charge in [0.25, 0.3) is 0 Å². The highest BCUT2D eigenvalue weighted by Crippen LogP contribution is 2.48. The summed E-state index contributed by atoms with van der Waals surface area (Å²) in [4.78, 5) is 23.1. The van der Waals surface area contributed by atoms with E-state index in [1.54, 1.807) is 0 Å². The number of carboxylic acids is 1. The second-order valence-corrected chi connectivity index (χ2v) is 6.53. The van der Waals surface area contributed by atoms with Crippen LogP contribution in [-0.2, 0) is 14.6 Å². The van der Waals surface area contributed by atoms with E-state index in [1.807, 2.05) is 0 Å². The van der Waals surface area contributed by atoms with Crippen molar-refractivity contribution in [3.05, 3.63) is 29.8 Å². The fraction of sp³-hybridized carbons (Fsp3) is 0.333. The maximum Gasteiger partial charge on any atom is 0.317 e. The summed E-state index contributed by atoms with van der Waals surface area (Å²) in [5, 5.41) is 9.00. The summed E-state index contributed by atoms with van der Waals surface area (Å²) in [7, 11) is -3.31. The van der Waals surface area contributed by atoms with E-state index >= 15 is 0 Å². The molecule has 2 rings (SSSR count). The maximum atomic E-state index is 12.0. The topological polar surface area (TPSA) is 88.5 Å². The van der Waals surface area contributed by atoms with Gasteiger partial charge in [-0.3, -0.25) is 9.59 Å². The van der Waals surface area contributed by atoms with Gasteiger partial charge in [-0.15, -0.1) is 0 Å². The number of Topliss-reactive ketones (excluding diaryl/α,β-unsaturated/α-hetero) is 1. The normalized spacial score (nSPS) is 17.2. The van der Waals surface area contributed by atoms with Crippen LogP contribution < -0.4 is 0 Å². The van der Waals surface area contributed by atoms with Gasteiger partial charge in [0.2, 0.25) is 0 Å². The average Bonchev–Trinajstić information content (AvgIpc) is 3.08. The van der Waals surface area contributed by atoms with Crippen molar-refractivity contribution in [2.45, 2.75) is 17.7 Å². The number of hydrogen-bond donors (Lipinski definition) is 1. The summed E-state index contributed by atoms with van der Waals surface area (Å²) < 4.78 is 22.5. The molecule has 1 saturated carbocycles. The molecule has 6 heteroatoms. The minimum absolute atomic E-state index is 0.110. The first kappa shape index (κ1) is 12.8. The van der Waals surface area contributed by atoms with Gasteiger partial charge in [-0.05, 0) is 25.0 Å². The molecule has 0 atom stereocenters. The molecule has 1 fully saturated rings. The van der Waals surface area contributed by atoms with Crippen molar-refractivity contribution in [3.63, 3.8) is 0 Å². The summed E-state index contributed by atoms with van der Waals surface area (Å²) in [6, 6.07) is 5.37. The van der Waals surface area contributed by atoms with Crippen LogP contribution in [0.15, 0.2) is 29.2 Å². The molecule has 0 radical (unpaired) electrons. The van der Waals surface area contributed by atoms with E-state index in [9.17, 15) is 18.0 Å². The number of carboxylic acid groups (broad SMARTS) is 1. The molecule has 0 aliphatic heterocycles. The molecule has 0 heterocycles. The molecule has 0 bridgehead atoms. The Kier molecular flexibility index (Phi) is 2.77. The standard InChI is InChI=1S/C12H12O5S/c1-18(16,17)9-4-2-8(3-5-9)10(13)12(6-7-12)11(14)15/h2-5H,6-7H2,1H3,(H,14,15). The van der Waals surface area contributed by atoms with Gasteiger partial charge in [0.05, 0.1) is 4.90 Å². The number of benzene rings is 1. The van der Waals surface area contributed by atoms with Crippen molar-refractivity contribution in [1.29, 1.82) is 0 Å². The van der Waals surface area contributed by atoms with Gasteiger partial charge in [0, 0.05) is 11.8 Å². The third-order valence-electron chi connectivity index (χ3n) is 3.14. The Balaban J connectivity index is 2.32. The molecule has 1 N–H and O–H groups in total. The fourth-order valence-corrected chi connectivity index (χ4v) is 2.42. The lowest BCUT2D eigenvalue weighted by atomic mass is 9.95. The van der Waals surface area contributed by atoms with E-state index in [0.29, 0.717) is 12.8 Å². The number of ketones is 1. The Morgan fingerprint density at radius 2 is 1.67 bits per heavy atom. The molecular weight excluding hydrogens is 256 g/mol. The van der Waals surface area contributed by atoms with Crippen LogP contribution in [0.1, 0.15) is 23.2 Å². The number of carbonyl (C=O) groups excluding carboxylic acids is 1. The van der Waals surface area contributed by atoms with E-state index in [-0.39, 0.29) is 10.5 Å². The van der Waals surface area contributed by atoms with E-state index < -0.39 is 27.0 Å². The van der Waals surface area contributed by atoms with E-state index in [4.69, 9.17) is 5.11 Å². The molecule has 1 aromatic carbocycles. The van der Waals surface area contributed by atoms with Gasteiger partial charge in [0.15, 0.2) is 15.6 Å². The molecule has 0 spiro atoms. The molecule has 1 aliphatic carbocycles. The van der Waals surface area contributed by atoms with Crippen molar-refractivity contribution in [2.24, 2.45) is 5.41 Å². The summed E-state index contributed by atoms with van der Waals surface area (Å²) in [6.07, 6.45) is 1.76.